The molecule has 0 aliphatic carbocycles. The van der Waals surface area contributed by atoms with E-state index >= 15 is 0 Å². The van der Waals surface area contributed by atoms with Crippen molar-refractivity contribution in [2.75, 3.05) is 13.7 Å². The first kappa shape index (κ1) is 9.45. The molecule has 0 aliphatic heterocycles. The summed E-state index contributed by atoms with van der Waals surface area (Å²) in [6, 6.07) is 3.45. The van der Waals surface area contributed by atoms with Gasteiger partial charge in [0.15, 0.2) is 0 Å². The number of ether oxygens (including phenoxy) is 1. The topological polar surface area (TPSA) is 48.1 Å². The van der Waals surface area contributed by atoms with Crippen molar-refractivity contribution in [3.05, 3.63) is 29.0 Å². The SMILES string of the molecule is COCC(N)c1cccnc1Cl. The van der Waals surface area contributed by atoms with E-state index in [1.165, 1.54) is 0 Å². The summed E-state index contributed by atoms with van der Waals surface area (Å²) >= 11 is 5.81. The minimum absolute atomic E-state index is 0.198. The minimum atomic E-state index is -0.198. The zero-order valence-corrected chi connectivity index (χ0v) is 7.58. The number of rotatable bonds is 3. The highest BCUT2D eigenvalue weighted by molar-refractivity contribution is 6.30. The van der Waals surface area contributed by atoms with Crippen LogP contribution in [0.1, 0.15) is 11.6 Å². The average molecular weight is 187 g/mol. The van der Waals surface area contributed by atoms with E-state index in [0.717, 1.165) is 5.56 Å². The first-order valence-electron chi connectivity index (χ1n) is 3.60. The zero-order valence-electron chi connectivity index (χ0n) is 6.83. The second kappa shape index (κ2) is 4.40. The number of aromatic nitrogens is 1. The van der Waals surface area contributed by atoms with E-state index in [1.54, 1.807) is 19.4 Å². The van der Waals surface area contributed by atoms with Gasteiger partial charge in [-0.1, -0.05) is 17.7 Å². The number of nitrogens with zero attached hydrogens (tertiary/aromatic N) is 1. The lowest BCUT2D eigenvalue weighted by molar-refractivity contribution is 0.181. The fraction of sp³-hybridized carbons (Fsp3) is 0.375. The van der Waals surface area contributed by atoms with E-state index < -0.39 is 0 Å². The summed E-state index contributed by atoms with van der Waals surface area (Å²) in [5.41, 5.74) is 6.58. The van der Waals surface area contributed by atoms with Crippen LogP contribution in [0, 0.1) is 0 Å². The van der Waals surface area contributed by atoms with Crippen LogP contribution >= 0.6 is 11.6 Å². The van der Waals surface area contributed by atoms with Crippen molar-refractivity contribution in [2.24, 2.45) is 5.73 Å². The Bertz CT molecular complexity index is 255. The molecule has 0 saturated heterocycles. The average Bonchev–Trinajstić information content (AvgIpc) is 2.05. The van der Waals surface area contributed by atoms with E-state index in [1.807, 2.05) is 6.07 Å². The molecule has 0 radical (unpaired) electrons. The van der Waals surface area contributed by atoms with Crippen LogP contribution in [0.4, 0.5) is 0 Å². The largest absolute Gasteiger partial charge is 0.383 e. The third-order valence-electron chi connectivity index (χ3n) is 1.53. The zero-order chi connectivity index (χ0) is 8.97. The summed E-state index contributed by atoms with van der Waals surface area (Å²) in [5.74, 6) is 0. The van der Waals surface area contributed by atoms with Gasteiger partial charge in [0.25, 0.3) is 0 Å². The summed E-state index contributed by atoms with van der Waals surface area (Å²) < 4.78 is 4.90. The summed E-state index contributed by atoms with van der Waals surface area (Å²) in [6.45, 7) is 0.450. The van der Waals surface area contributed by atoms with Crippen molar-refractivity contribution in [1.29, 1.82) is 0 Å². The number of nitrogens with two attached hydrogens (primary N) is 1. The minimum Gasteiger partial charge on any atom is -0.383 e. The van der Waals surface area contributed by atoms with E-state index in [-0.39, 0.29) is 6.04 Å². The normalized spacial score (nSPS) is 12.9. The molecule has 1 heterocycles. The number of hydrogen-bond acceptors (Lipinski definition) is 3. The predicted octanol–water partition coefficient (Wildman–Crippen LogP) is 1.38. The maximum Gasteiger partial charge on any atom is 0.133 e. The Labute approximate surface area is 76.5 Å². The van der Waals surface area contributed by atoms with E-state index in [0.29, 0.717) is 11.8 Å². The van der Waals surface area contributed by atoms with Crippen LogP contribution in [0.3, 0.4) is 0 Å². The molecule has 0 aliphatic rings. The molecule has 1 unspecified atom stereocenters. The molecule has 1 rings (SSSR count). The summed E-state index contributed by atoms with van der Waals surface area (Å²) in [6.07, 6.45) is 1.63. The quantitative estimate of drug-likeness (QED) is 0.726. The van der Waals surface area contributed by atoms with E-state index in [9.17, 15) is 0 Å². The Morgan fingerprint density at radius 3 is 3.08 bits per heavy atom. The molecule has 0 amide bonds. The Kier molecular flexibility index (Phi) is 3.47. The van der Waals surface area contributed by atoms with Crippen molar-refractivity contribution in [2.45, 2.75) is 6.04 Å². The van der Waals surface area contributed by atoms with Gasteiger partial charge in [-0.2, -0.15) is 0 Å². The molecule has 66 valence electrons. The molecule has 1 aromatic heterocycles. The van der Waals surface area contributed by atoms with Gasteiger partial charge in [-0.15, -0.1) is 0 Å². The molecule has 0 saturated carbocycles. The lowest BCUT2D eigenvalue weighted by Gasteiger charge is -2.10. The van der Waals surface area contributed by atoms with Crippen LogP contribution in [0.25, 0.3) is 0 Å². The number of halogens is 1. The third-order valence-corrected chi connectivity index (χ3v) is 1.85. The second-order valence-corrected chi connectivity index (χ2v) is 2.80. The lowest BCUT2D eigenvalue weighted by Crippen LogP contribution is -2.16. The first-order chi connectivity index (χ1) is 5.75. The lowest BCUT2D eigenvalue weighted by atomic mass is 10.1. The van der Waals surface area contributed by atoms with Gasteiger partial charge >= 0.3 is 0 Å². The highest BCUT2D eigenvalue weighted by atomic mass is 35.5. The van der Waals surface area contributed by atoms with Crippen LogP contribution in [0.5, 0.6) is 0 Å². The van der Waals surface area contributed by atoms with Crippen LogP contribution in [-0.4, -0.2) is 18.7 Å². The monoisotopic (exact) mass is 186 g/mol. The van der Waals surface area contributed by atoms with Crippen LogP contribution in [0.2, 0.25) is 5.15 Å². The van der Waals surface area contributed by atoms with Crippen molar-refractivity contribution in [3.8, 4) is 0 Å². The molecule has 0 fully saturated rings. The summed E-state index contributed by atoms with van der Waals surface area (Å²) in [7, 11) is 1.60. The molecule has 12 heavy (non-hydrogen) atoms. The number of hydrogen-bond donors (Lipinski definition) is 1. The van der Waals surface area contributed by atoms with Gasteiger partial charge in [0.05, 0.1) is 12.6 Å². The Balaban J connectivity index is 2.79. The first-order valence-corrected chi connectivity index (χ1v) is 3.98. The fourth-order valence-corrected chi connectivity index (χ4v) is 1.20. The second-order valence-electron chi connectivity index (χ2n) is 2.45. The highest BCUT2D eigenvalue weighted by Gasteiger charge is 2.09. The molecule has 0 bridgehead atoms. The third kappa shape index (κ3) is 2.17. The maximum atomic E-state index is 5.81. The summed E-state index contributed by atoms with van der Waals surface area (Å²) in [4.78, 5) is 3.91. The van der Waals surface area contributed by atoms with Gasteiger partial charge in [-0.05, 0) is 6.07 Å². The molecule has 0 aromatic carbocycles. The molecule has 2 N–H and O–H groups in total. The Morgan fingerprint density at radius 1 is 1.75 bits per heavy atom. The van der Waals surface area contributed by atoms with Crippen molar-refractivity contribution >= 4 is 11.6 Å². The van der Waals surface area contributed by atoms with Gasteiger partial charge in [-0.25, -0.2) is 4.98 Å². The molecule has 1 aromatic rings. The molecule has 1 atom stereocenters. The van der Waals surface area contributed by atoms with Gasteiger partial charge < -0.3 is 10.5 Å². The van der Waals surface area contributed by atoms with Crippen LogP contribution in [-0.2, 0) is 4.74 Å². The van der Waals surface area contributed by atoms with Crippen LogP contribution in [0.15, 0.2) is 18.3 Å². The molecule has 4 heteroatoms. The molecular formula is C8H11ClN2O. The molecular weight excluding hydrogens is 176 g/mol. The Morgan fingerprint density at radius 2 is 2.50 bits per heavy atom. The smallest absolute Gasteiger partial charge is 0.133 e. The molecule has 0 spiro atoms. The van der Waals surface area contributed by atoms with Gasteiger partial charge in [-0.3, -0.25) is 0 Å². The molecule has 3 nitrogen and oxygen atoms in total. The fourth-order valence-electron chi connectivity index (χ4n) is 0.944. The van der Waals surface area contributed by atoms with Gasteiger partial charge in [0, 0.05) is 18.9 Å². The van der Waals surface area contributed by atoms with E-state index in [4.69, 9.17) is 22.1 Å². The summed E-state index contributed by atoms with van der Waals surface area (Å²) in [5, 5.41) is 0.446. The van der Waals surface area contributed by atoms with Crippen molar-refractivity contribution in [3.63, 3.8) is 0 Å². The maximum absolute atomic E-state index is 5.81. The van der Waals surface area contributed by atoms with Crippen molar-refractivity contribution in [1.82, 2.24) is 4.98 Å². The Hall–Kier alpha value is -0.640. The predicted molar refractivity (Wildman–Crippen MR) is 48.1 cm³/mol. The van der Waals surface area contributed by atoms with E-state index in [2.05, 4.69) is 4.98 Å². The van der Waals surface area contributed by atoms with Gasteiger partial charge in [0.2, 0.25) is 0 Å². The standard InChI is InChI=1S/C8H11ClN2O/c1-12-5-7(10)6-3-2-4-11-8(6)9/h2-4,7H,5,10H2,1H3. The highest BCUT2D eigenvalue weighted by Crippen LogP contribution is 2.18. The van der Waals surface area contributed by atoms with Crippen LogP contribution < -0.4 is 5.73 Å². The number of pyridine rings is 1. The van der Waals surface area contributed by atoms with Crippen molar-refractivity contribution < 1.29 is 4.74 Å². The van der Waals surface area contributed by atoms with Gasteiger partial charge in [0.1, 0.15) is 5.15 Å². The number of methoxy groups -OCH3 is 1.